The van der Waals surface area contributed by atoms with Gasteiger partial charge in [0.05, 0.1) is 7.11 Å². The lowest BCUT2D eigenvalue weighted by Gasteiger charge is -2.26. The largest absolute Gasteiger partial charge is 0.473 e. The summed E-state index contributed by atoms with van der Waals surface area (Å²) < 4.78 is 10.9. The van der Waals surface area contributed by atoms with Crippen LogP contribution in [-0.4, -0.2) is 30.6 Å². The zero-order valence-corrected chi connectivity index (χ0v) is 15.5. The van der Waals surface area contributed by atoms with E-state index < -0.39 is 23.5 Å². The molecule has 1 aliphatic heterocycles. The van der Waals surface area contributed by atoms with Gasteiger partial charge < -0.3 is 14.8 Å². The van der Waals surface area contributed by atoms with Gasteiger partial charge in [0.15, 0.2) is 0 Å². The Hall–Kier alpha value is -3.15. The monoisotopic (exact) mass is 366 g/mol. The number of esters is 1. The maximum Gasteiger partial charge on any atom is 0.348 e. The van der Waals surface area contributed by atoms with Crippen LogP contribution in [0.15, 0.2) is 65.7 Å². The Labute approximate surface area is 158 Å². The predicted molar refractivity (Wildman–Crippen MR) is 103 cm³/mol. The molecule has 0 spiro atoms. The van der Waals surface area contributed by atoms with Crippen LogP contribution in [0.1, 0.15) is 25.3 Å². The fourth-order valence-corrected chi connectivity index (χ4v) is 3.42. The normalized spacial score (nSPS) is 22.1. The molecule has 2 unspecified atom stereocenters. The summed E-state index contributed by atoms with van der Waals surface area (Å²) in [5.41, 5.74) is 0.802. The van der Waals surface area contributed by atoms with Crippen molar-refractivity contribution in [1.82, 2.24) is 0 Å². The van der Waals surface area contributed by atoms with Crippen LogP contribution in [0.5, 0.6) is 0 Å². The molecule has 1 N–H and O–H groups in total. The highest BCUT2D eigenvalue weighted by Crippen LogP contribution is 2.45. The first-order valence-electron chi connectivity index (χ1n) is 8.69. The van der Waals surface area contributed by atoms with E-state index in [1.807, 2.05) is 50.2 Å². The number of aliphatic imine (C=N–C) groups is 1. The van der Waals surface area contributed by atoms with Gasteiger partial charge in [-0.05, 0) is 31.5 Å². The van der Waals surface area contributed by atoms with Crippen LogP contribution >= 0.6 is 0 Å². The van der Waals surface area contributed by atoms with E-state index in [-0.39, 0.29) is 11.8 Å². The number of methoxy groups -OCH3 is 1. The SMILES string of the molecule is COC(=O)C1C(=NC(=O)Nc2ccccc2)OC(C)(C)C1c1ccccc1. The average Bonchev–Trinajstić information content (AvgIpc) is 2.92. The lowest BCUT2D eigenvalue weighted by Crippen LogP contribution is -2.31. The molecular formula is C21H22N2O4. The van der Waals surface area contributed by atoms with Crippen molar-refractivity contribution in [2.24, 2.45) is 10.9 Å². The maximum atomic E-state index is 12.5. The van der Waals surface area contributed by atoms with Crippen molar-refractivity contribution in [3.63, 3.8) is 0 Å². The second-order valence-corrected chi connectivity index (χ2v) is 6.84. The van der Waals surface area contributed by atoms with Crippen molar-refractivity contribution < 1.29 is 19.1 Å². The standard InChI is InChI=1S/C21H22N2O4/c1-21(2)17(14-10-6-4-7-11-14)16(19(24)26-3)18(27-21)23-20(25)22-15-12-8-5-9-13-15/h4-13,16-17H,1-3H3,(H,22,25). The molecule has 0 aliphatic carbocycles. The van der Waals surface area contributed by atoms with E-state index in [4.69, 9.17) is 9.47 Å². The van der Waals surface area contributed by atoms with Gasteiger partial charge >= 0.3 is 12.0 Å². The number of hydrogen-bond donors (Lipinski definition) is 1. The molecule has 0 saturated carbocycles. The number of ether oxygens (including phenoxy) is 2. The van der Waals surface area contributed by atoms with E-state index in [1.165, 1.54) is 7.11 Å². The smallest absolute Gasteiger partial charge is 0.348 e. The van der Waals surface area contributed by atoms with E-state index in [0.717, 1.165) is 5.56 Å². The highest BCUT2D eigenvalue weighted by Gasteiger charge is 2.53. The van der Waals surface area contributed by atoms with Crippen molar-refractivity contribution >= 4 is 23.6 Å². The first-order valence-corrected chi connectivity index (χ1v) is 8.69. The van der Waals surface area contributed by atoms with Gasteiger partial charge in [-0.15, -0.1) is 0 Å². The summed E-state index contributed by atoms with van der Waals surface area (Å²) in [6.45, 7) is 3.75. The Morgan fingerprint density at radius 1 is 1.04 bits per heavy atom. The van der Waals surface area contributed by atoms with Crippen molar-refractivity contribution in [2.75, 3.05) is 12.4 Å². The third-order valence-corrected chi connectivity index (χ3v) is 4.57. The molecule has 2 atom stereocenters. The maximum absolute atomic E-state index is 12.5. The van der Waals surface area contributed by atoms with Gasteiger partial charge in [0.1, 0.15) is 11.5 Å². The van der Waals surface area contributed by atoms with Crippen LogP contribution in [0.2, 0.25) is 0 Å². The minimum atomic E-state index is -0.797. The van der Waals surface area contributed by atoms with E-state index in [2.05, 4.69) is 10.3 Å². The molecule has 6 nitrogen and oxygen atoms in total. The molecule has 6 heteroatoms. The van der Waals surface area contributed by atoms with Crippen molar-refractivity contribution in [2.45, 2.75) is 25.4 Å². The van der Waals surface area contributed by atoms with Gasteiger partial charge in [-0.25, -0.2) is 4.79 Å². The number of benzene rings is 2. The summed E-state index contributed by atoms with van der Waals surface area (Å²) in [6, 6.07) is 17.9. The molecule has 140 valence electrons. The Kier molecular flexibility index (Phi) is 5.26. The zero-order valence-electron chi connectivity index (χ0n) is 15.5. The number of carbonyl (C=O) groups is 2. The van der Waals surface area contributed by atoms with Crippen LogP contribution in [0.25, 0.3) is 0 Å². The van der Waals surface area contributed by atoms with Gasteiger partial charge in [0, 0.05) is 11.6 Å². The number of nitrogens with zero attached hydrogens (tertiary/aromatic N) is 1. The highest BCUT2D eigenvalue weighted by atomic mass is 16.5. The molecule has 0 aromatic heterocycles. The van der Waals surface area contributed by atoms with Crippen LogP contribution in [0, 0.1) is 5.92 Å². The first-order chi connectivity index (χ1) is 12.9. The molecule has 1 saturated heterocycles. The molecule has 2 aromatic rings. The molecular weight excluding hydrogens is 344 g/mol. The molecule has 2 aromatic carbocycles. The summed E-state index contributed by atoms with van der Waals surface area (Å²) in [5, 5.41) is 2.67. The topological polar surface area (TPSA) is 77.0 Å². The summed E-state index contributed by atoms with van der Waals surface area (Å²) >= 11 is 0. The number of hydrogen-bond acceptors (Lipinski definition) is 4. The summed E-state index contributed by atoms with van der Waals surface area (Å²) in [6.07, 6.45) is 0. The van der Waals surface area contributed by atoms with Crippen molar-refractivity contribution in [3.8, 4) is 0 Å². The third kappa shape index (κ3) is 4.00. The van der Waals surface area contributed by atoms with Gasteiger partial charge in [-0.3, -0.25) is 4.79 Å². The van der Waals surface area contributed by atoms with E-state index in [9.17, 15) is 9.59 Å². The Morgan fingerprint density at radius 2 is 1.63 bits per heavy atom. The quantitative estimate of drug-likeness (QED) is 0.833. The van der Waals surface area contributed by atoms with Gasteiger partial charge in [-0.2, -0.15) is 4.99 Å². The molecule has 3 rings (SSSR count). The molecule has 2 amide bonds. The molecule has 0 radical (unpaired) electrons. The number of urea groups is 1. The fraction of sp³-hybridized carbons (Fsp3) is 0.286. The van der Waals surface area contributed by atoms with Crippen LogP contribution in [0.3, 0.4) is 0 Å². The number of nitrogens with one attached hydrogen (secondary N) is 1. The second-order valence-electron chi connectivity index (χ2n) is 6.84. The van der Waals surface area contributed by atoms with Crippen molar-refractivity contribution in [1.29, 1.82) is 0 Å². The van der Waals surface area contributed by atoms with Gasteiger partial charge in [-0.1, -0.05) is 48.5 Å². The zero-order chi connectivity index (χ0) is 19.4. The first kappa shape index (κ1) is 18.6. The third-order valence-electron chi connectivity index (χ3n) is 4.57. The summed E-state index contributed by atoms with van der Waals surface area (Å²) in [5.74, 6) is -1.54. The Morgan fingerprint density at radius 3 is 2.22 bits per heavy atom. The van der Waals surface area contributed by atoms with Crippen LogP contribution in [0.4, 0.5) is 10.5 Å². The lowest BCUT2D eigenvalue weighted by molar-refractivity contribution is -0.143. The summed E-state index contributed by atoms with van der Waals surface area (Å²) in [7, 11) is 1.32. The number of rotatable bonds is 3. The molecule has 1 fully saturated rings. The molecule has 1 heterocycles. The van der Waals surface area contributed by atoms with E-state index in [1.54, 1.807) is 24.3 Å². The number of para-hydroxylation sites is 1. The minimum absolute atomic E-state index is 0.0640. The van der Waals surface area contributed by atoms with Crippen molar-refractivity contribution in [3.05, 3.63) is 66.2 Å². The van der Waals surface area contributed by atoms with Crippen LogP contribution in [-0.2, 0) is 14.3 Å². The highest BCUT2D eigenvalue weighted by molar-refractivity contribution is 6.07. The Balaban J connectivity index is 1.94. The number of anilines is 1. The fourth-order valence-electron chi connectivity index (χ4n) is 3.42. The number of carbonyl (C=O) groups excluding carboxylic acids is 2. The van der Waals surface area contributed by atoms with E-state index in [0.29, 0.717) is 5.69 Å². The number of amides is 2. The van der Waals surface area contributed by atoms with Crippen LogP contribution < -0.4 is 5.32 Å². The molecule has 0 bridgehead atoms. The molecule has 27 heavy (non-hydrogen) atoms. The van der Waals surface area contributed by atoms with Gasteiger partial charge in [0.25, 0.3) is 0 Å². The van der Waals surface area contributed by atoms with E-state index >= 15 is 0 Å². The molecule has 1 aliphatic rings. The van der Waals surface area contributed by atoms with Gasteiger partial charge in [0.2, 0.25) is 5.90 Å². The summed E-state index contributed by atoms with van der Waals surface area (Å²) in [4.78, 5) is 28.9. The Bertz CT molecular complexity index is 847. The predicted octanol–water partition coefficient (Wildman–Crippen LogP) is 4.00. The average molecular weight is 366 g/mol. The second kappa shape index (κ2) is 7.61. The lowest BCUT2D eigenvalue weighted by atomic mass is 9.78. The minimum Gasteiger partial charge on any atom is -0.473 e.